The van der Waals surface area contributed by atoms with Gasteiger partial charge < -0.3 is 41.7 Å². The normalized spacial score (nSPS) is 17.1. The first-order valence-electron chi connectivity index (χ1n) is 10.1. The molecule has 0 aliphatic rings. The molecule has 0 bridgehead atoms. The van der Waals surface area contributed by atoms with Crippen LogP contribution < -0.4 is 11.1 Å². The topological polar surface area (TPSA) is 163 Å². The number of aliphatic hydroxyl groups excluding tert-OH is 6. The number of hydrogen-bond acceptors (Lipinski definition) is 9. The van der Waals surface area contributed by atoms with Crippen LogP contribution in [0.1, 0.15) is 24.4 Å². The second-order valence-electron chi connectivity index (χ2n) is 7.24. The van der Waals surface area contributed by atoms with Crippen molar-refractivity contribution in [2.75, 3.05) is 45.9 Å². The van der Waals surface area contributed by atoms with Crippen molar-refractivity contribution in [3.05, 3.63) is 35.9 Å². The van der Waals surface area contributed by atoms with Gasteiger partial charge in [-0.3, -0.25) is 4.90 Å². The van der Waals surface area contributed by atoms with Gasteiger partial charge in [-0.2, -0.15) is 0 Å². The van der Waals surface area contributed by atoms with E-state index in [2.05, 4.69) is 5.32 Å². The molecule has 1 aromatic carbocycles. The van der Waals surface area contributed by atoms with E-state index in [0.717, 1.165) is 18.4 Å². The first-order chi connectivity index (χ1) is 13.9. The van der Waals surface area contributed by atoms with Crippen LogP contribution in [0.5, 0.6) is 0 Å². The predicted octanol–water partition coefficient (Wildman–Crippen LogP) is -2.21. The molecule has 29 heavy (non-hydrogen) atoms. The van der Waals surface area contributed by atoms with Crippen molar-refractivity contribution in [2.24, 2.45) is 5.73 Å². The van der Waals surface area contributed by atoms with Crippen LogP contribution in [0.3, 0.4) is 0 Å². The number of aliphatic hydroxyl groups is 6. The van der Waals surface area contributed by atoms with Crippen molar-refractivity contribution in [2.45, 2.75) is 43.3 Å². The first kappa shape index (κ1) is 25.9. The molecule has 9 nitrogen and oxygen atoms in total. The fraction of sp³-hybridized carbons (Fsp3) is 0.700. The molecule has 1 aromatic rings. The highest BCUT2D eigenvalue weighted by Gasteiger charge is 2.24. The van der Waals surface area contributed by atoms with Crippen LogP contribution in [0.25, 0.3) is 0 Å². The van der Waals surface area contributed by atoms with Crippen molar-refractivity contribution in [3.8, 4) is 0 Å². The molecule has 9 heteroatoms. The maximum Gasteiger partial charge on any atom is 0.104 e. The van der Waals surface area contributed by atoms with Gasteiger partial charge in [0.05, 0.1) is 25.4 Å². The zero-order valence-electron chi connectivity index (χ0n) is 16.8. The third kappa shape index (κ3) is 9.94. The van der Waals surface area contributed by atoms with Crippen LogP contribution in [0.2, 0.25) is 0 Å². The Labute approximate surface area is 172 Å². The fourth-order valence-electron chi connectivity index (χ4n) is 3.06. The summed E-state index contributed by atoms with van der Waals surface area (Å²) in [4.78, 5) is 1.67. The largest absolute Gasteiger partial charge is 0.394 e. The van der Waals surface area contributed by atoms with E-state index in [1.807, 2.05) is 30.3 Å². The number of rotatable bonds is 16. The van der Waals surface area contributed by atoms with E-state index in [1.165, 1.54) is 0 Å². The number of nitrogens with zero attached hydrogens (tertiary/aromatic N) is 1. The molecule has 0 radical (unpaired) electrons. The van der Waals surface area contributed by atoms with E-state index in [1.54, 1.807) is 4.90 Å². The molecule has 9 N–H and O–H groups in total. The average molecular weight is 416 g/mol. The second-order valence-corrected chi connectivity index (χ2v) is 7.24. The predicted molar refractivity (Wildman–Crippen MR) is 110 cm³/mol. The van der Waals surface area contributed by atoms with Gasteiger partial charge in [-0.25, -0.2) is 0 Å². The minimum absolute atomic E-state index is 0.00256. The molecule has 0 heterocycles. The molecule has 1 rings (SSSR count). The number of benzene rings is 1. The molecule has 0 saturated carbocycles. The van der Waals surface area contributed by atoms with E-state index in [0.29, 0.717) is 19.6 Å². The minimum Gasteiger partial charge on any atom is -0.394 e. The smallest absolute Gasteiger partial charge is 0.104 e. The summed E-state index contributed by atoms with van der Waals surface area (Å²) in [6, 6.07) is 10.1. The summed E-state index contributed by atoms with van der Waals surface area (Å²) in [5.41, 5.74) is 6.78. The third-order valence-corrected chi connectivity index (χ3v) is 4.87. The molecular formula is C20H37N3O6. The van der Waals surface area contributed by atoms with Crippen LogP contribution in [0.4, 0.5) is 0 Å². The van der Waals surface area contributed by atoms with Crippen LogP contribution in [-0.4, -0.2) is 106 Å². The lowest BCUT2D eigenvalue weighted by molar-refractivity contribution is -0.0535. The molecule has 0 amide bonds. The summed E-state index contributed by atoms with van der Waals surface area (Å²) in [7, 11) is 0. The number of nitrogens with one attached hydrogen (secondary N) is 1. The SMILES string of the molecule is NCCCC(NCCN(C[C@H](O)[C@H](O)CO)C[C@H](O)[C@H](O)CO)c1ccccc1. The molecule has 168 valence electrons. The molecule has 1 unspecified atom stereocenters. The highest BCUT2D eigenvalue weighted by Crippen LogP contribution is 2.17. The van der Waals surface area contributed by atoms with Crippen LogP contribution >= 0.6 is 0 Å². The van der Waals surface area contributed by atoms with Gasteiger partial charge in [-0.15, -0.1) is 0 Å². The summed E-state index contributed by atoms with van der Waals surface area (Å²) in [5.74, 6) is 0. The summed E-state index contributed by atoms with van der Waals surface area (Å²) in [5, 5.41) is 60.7. The van der Waals surface area contributed by atoms with Gasteiger partial charge in [0.25, 0.3) is 0 Å². The van der Waals surface area contributed by atoms with Crippen molar-refractivity contribution < 1.29 is 30.6 Å². The maximum atomic E-state index is 10.0. The van der Waals surface area contributed by atoms with E-state index in [-0.39, 0.29) is 19.1 Å². The van der Waals surface area contributed by atoms with E-state index >= 15 is 0 Å². The van der Waals surface area contributed by atoms with E-state index < -0.39 is 37.6 Å². The minimum atomic E-state index is -1.30. The highest BCUT2D eigenvalue weighted by atomic mass is 16.4. The van der Waals surface area contributed by atoms with Gasteiger partial charge in [-0.1, -0.05) is 30.3 Å². The highest BCUT2D eigenvalue weighted by molar-refractivity contribution is 5.18. The molecule has 0 saturated heterocycles. The summed E-state index contributed by atoms with van der Waals surface area (Å²) in [6.45, 7) is 0.362. The molecule has 0 aromatic heterocycles. The Hall–Kier alpha value is -1.14. The quantitative estimate of drug-likeness (QED) is 0.149. The van der Waals surface area contributed by atoms with E-state index in [9.17, 15) is 20.4 Å². The molecule has 5 atom stereocenters. The summed E-state index contributed by atoms with van der Waals surface area (Å²) in [6.07, 6.45) is -3.29. The summed E-state index contributed by atoms with van der Waals surface area (Å²) >= 11 is 0. The van der Waals surface area contributed by atoms with Crippen molar-refractivity contribution in [1.82, 2.24) is 10.2 Å². The lowest BCUT2D eigenvalue weighted by Crippen LogP contribution is -2.48. The van der Waals surface area contributed by atoms with Crippen LogP contribution in [0.15, 0.2) is 30.3 Å². The standard InChI is InChI=1S/C20H37N3O6/c21-8-4-7-16(15-5-2-1-3-6-15)22-9-10-23(11-17(26)19(28)13-24)12-18(27)20(29)14-25/h1-3,5-6,16-20,22,24-29H,4,7-14,21H2/t16?,17-,18-,19+,20+/m0/s1. The monoisotopic (exact) mass is 415 g/mol. The molecule has 0 spiro atoms. The Morgan fingerprint density at radius 3 is 1.90 bits per heavy atom. The lowest BCUT2D eigenvalue weighted by atomic mass is 10.0. The van der Waals surface area contributed by atoms with Crippen LogP contribution in [0, 0.1) is 0 Å². The van der Waals surface area contributed by atoms with Crippen molar-refractivity contribution >= 4 is 0 Å². The average Bonchev–Trinajstić information content (AvgIpc) is 2.75. The third-order valence-electron chi connectivity index (χ3n) is 4.87. The second kappa shape index (κ2) is 14.8. The maximum absolute atomic E-state index is 10.0. The number of nitrogens with two attached hydrogens (primary N) is 1. The Kier molecular flexibility index (Phi) is 13.2. The fourth-order valence-corrected chi connectivity index (χ4v) is 3.06. The van der Waals surface area contributed by atoms with E-state index in [4.69, 9.17) is 15.9 Å². The van der Waals surface area contributed by atoms with Crippen LogP contribution in [-0.2, 0) is 0 Å². The number of hydrogen-bond donors (Lipinski definition) is 8. The molecule has 0 fully saturated rings. The zero-order chi connectivity index (χ0) is 21.6. The lowest BCUT2D eigenvalue weighted by Gasteiger charge is -2.30. The zero-order valence-corrected chi connectivity index (χ0v) is 16.8. The first-order valence-corrected chi connectivity index (χ1v) is 10.1. The molecular weight excluding hydrogens is 378 g/mol. The van der Waals surface area contributed by atoms with Gasteiger partial charge in [0.2, 0.25) is 0 Å². The van der Waals surface area contributed by atoms with Gasteiger partial charge in [0.15, 0.2) is 0 Å². The van der Waals surface area contributed by atoms with Gasteiger partial charge in [-0.05, 0) is 24.9 Å². The molecule has 0 aliphatic heterocycles. The summed E-state index contributed by atoms with van der Waals surface area (Å²) < 4.78 is 0. The van der Waals surface area contributed by atoms with Crippen molar-refractivity contribution in [3.63, 3.8) is 0 Å². The van der Waals surface area contributed by atoms with Crippen molar-refractivity contribution in [1.29, 1.82) is 0 Å². The Bertz CT molecular complexity index is 506. The van der Waals surface area contributed by atoms with Gasteiger partial charge in [0.1, 0.15) is 12.2 Å². The van der Waals surface area contributed by atoms with Gasteiger partial charge >= 0.3 is 0 Å². The molecule has 0 aliphatic carbocycles. The van der Waals surface area contributed by atoms with Gasteiger partial charge in [0, 0.05) is 32.2 Å². The Morgan fingerprint density at radius 1 is 0.862 bits per heavy atom. The Balaban J connectivity index is 2.69. The Morgan fingerprint density at radius 2 is 1.41 bits per heavy atom.